The van der Waals surface area contributed by atoms with E-state index in [4.69, 9.17) is 9.47 Å². The number of rotatable bonds is 6. The molecule has 1 aromatic heterocycles. The summed E-state index contributed by atoms with van der Waals surface area (Å²) >= 11 is 0. The molecule has 0 spiro atoms. The third-order valence-electron chi connectivity index (χ3n) is 3.19. The fraction of sp³-hybridized carbons (Fsp3) is 0.250. The number of benzene rings is 1. The van der Waals surface area contributed by atoms with Crippen LogP contribution in [0.5, 0.6) is 11.5 Å². The molecule has 2 rings (SSSR count). The van der Waals surface area contributed by atoms with Crippen LogP contribution in [-0.4, -0.2) is 30.1 Å². The Kier molecular flexibility index (Phi) is 5.52. The topological polar surface area (TPSA) is 109 Å². The smallest absolute Gasteiger partial charge is 0.235 e. The highest BCUT2D eigenvalue weighted by Gasteiger charge is 2.18. The van der Waals surface area contributed by atoms with Crippen molar-refractivity contribution in [2.45, 2.75) is 12.8 Å². The minimum atomic E-state index is -0.642. The summed E-state index contributed by atoms with van der Waals surface area (Å²) in [5.74, 6) is 0.527. The Morgan fingerprint density at radius 3 is 2.62 bits per heavy atom. The molecule has 0 fully saturated rings. The van der Waals surface area contributed by atoms with Crippen LogP contribution in [0, 0.1) is 11.3 Å². The van der Waals surface area contributed by atoms with Crippen LogP contribution in [0.4, 0.5) is 5.82 Å². The lowest BCUT2D eigenvalue weighted by Gasteiger charge is -2.14. The number of nitrogens with one attached hydrogen (secondary N) is 2. The minimum absolute atomic E-state index is 0.265. The largest absolute Gasteiger partial charge is 0.493 e. The van der Waals surface area contributed by atoms with Crippen LogP contribution in [-0.2, 0) is 4.79 Å². The second kappa shape index (κ2) is 7.78. The van der Waals surface area contributed by atoms with Gasteiger partial charge in [-0.1, -0.05) is 6.07 Å². The van der Waals surface area contributed by atoms with Gasteiger partial charge in [0.2, 0.25) is 5.91 Å². The van der Waals surface area contributed by atoms with Crippen molar-refractivity contribution in [3.63, 3.8) is 0 Å². The highest BCUT2D eigenvalue weighted by atomic mass is 16.5. The predicted molar refractivity (Wildman–Crippen MR) is 86.5 cm³/mol. The van der Waals surface area contributed by atoms with E-state index in [1.54, 1.807) is 25.3 Å². The van der Waals surface area contributed by atoms with Crippen molar-refractivity contribution in [3.05, 3.63) is 41.9 Å². The van der Waals surface area contributed by atoms with E-state index in [-0.39, 0.29) is 5.91 Å². The van der Waals surface area contributed by atoms with Crippen molar-refractivity contribution >= 4 is 11.7 Å². The lowest BCUT2D eigenvalue weighted by molar-refractivity contribution is -0.118. The molecule has 0 saturated heterocycles. The normalized spacial score (nSPS) is 11.1. The molecule has 0 saturated carbocycles. The predicted octanol–water partition coefficient (Wildman–Crippen LogP) is 1.61. The standard InChI is InChI=1S/C16H17N5O3/c1-10(22)20-21-16-9-18-8-13(19-16)12(7-17)11-4-5-14(23-2)15(6-11)24-3/h4-6,8-9,12H,1-3H3,(H,19,21)(H,20,22)/t12-/m0/s1. The quantitative estimate of drug-likeness (QED) is 0.776. The van der Waals surface area contributed by atoms with Gasteiger partial charge in [-0.25, -0.2) is 4.98 Å². The molecule has 0 aliphatic heterocycles. The first kappa shape index (κ1) is 17.0. The van der Waals surface area contributed by atoms with E-state index in [9.17, 15) is 10.1 Å². The molecule has 2 N–H and O–H groups in total. The second-order valence-corrected chi connectivity index (χ2v) is 4.81. The Hall–Kier alpha value is -3.34. The zero-order chi connectivity index (χ0) is 17.5. The van der Waals surface area contributed by atoms with Gasteiger partial charge in [-0.2, -0.15) is 5.26 Å². The number of nitriles is 1. The average molecular weight is 327 g/mol. The van der Waals surface area contributed by atoms with Gasteiger partial charge < -0.3 is 9.47 Å². The maximum atomic E-state index is 10.9. The molecule has 1 heterocycles. The summed E-state index contributed by atoms with van der Waals surface area (Å²) in [6.07, 6.45) is 2.95. The summed E-state index contributed by atoms with van der Waals surface area (Å²) in [4.78, 5) is 19.3. The summed E-state index contributed by atoms with van der Waals surface area (Å²) < 4.78 is 10.5. The summed E-state index contributed by atoms with van der Waals surface area (Å²) in [5.41, 5.74) is 6.18. The number of ether oxygens (including phenoxy) is 2. The number of hydrogen-bond acceptors (Lipinski definition) is 7. The molecule has 24 heavy (non-hydrogen) atoms. The molecule has 0 aliphatic rings. The highest BCUT2D eigenvalue weighted by Crippen LogP contribution is 2.32. The average Bonchev–Trinajstić information content (AvgIpc) is 2.60. The third-order valence-corrected chi connectivity index (χ3v) is 3.19. The van der Waals surface area contributed by atoms with E-state index < -0.39 is 5.92 Å². The van der Waals surface area contributed by atoms with Crippen LogP contribution in [0.2, 0.25) is 0 Å². The summed E-state index contributed by atoms with van der Waals surface area (Å²) in [7, 11) is 3.07. The zero-order valence-corrected chi connectivity index (χ0v) is 13.5. The minimum Gasteiger partial charge on any atom is -0.493 e. The van der Waals surface area contributed by atoms with Crippen molar-refractivity contribution in [2.24, 2.45) is 0 Å². The van der Waals surface area contributed by atoms with Gasteiger partial charge in [-0.05, 0) is 17.7 Å². The van der Waals surface area contributed by atoms with E-state index in [2.05, 4.69) is 26.9 Å². The van der Waals surface area contributed by atoms with E-state index in [1.807, 2.05) is 0 Å². The number of nitrogens with zero attached hydrogens (tertiary/aromatic N) is 3. The first-order valence-electron chi connectivity index (χ1n) is 7.05. The van der Waals surface area contributed by atoms with Gasteiger partial charge in [0.05, 0.1) is 38.4 Å². The first-order chi connectivity index (χ1) is 11.6. The molecule has 0 bridgehead atoms. The SMILES string of the molecule is COc1ccc([C@H](C#N)c2cncc(NNC(C)=O)n2)cc1OC. The fourth-order valence-electron chi connectivity index (χ4n) is 2.08. The number of methoxy groups -OCH3 is 2. The number of carbonyl (C=O) groups is 1. The molecule has 1 amide bonds. The van der Waals surface area contributed by atoms with Crippen LogP contribution >= 0.6 is 0 Å². The molecule has 0 radical (unpaired) electrons. The third kappa shape index (κ3) is 3.89. The Morgan fingerprint density at radius 2 is 2.00 bits per heavy atom. The second-order valence-electron chi connectivity index (χ2n) is 4.81. The number of hydrazine groups is 1. The number of aromatic nitrogens is 2. The van der Waals surface area contributed by atoms with E-state index >= 15 is 0 Å². The first-order valence-corrected chi connectivity index (χ1v) is 7.05. The van der Waals surface area contributed by atoms with Crippen molar-refractivity contribution in [1.29, 1.82) is 5.26 Å². The van der Waals surface area contributed by atoms with Crippen LogP contribution < -0.4 is 20.3 Å². The summed E-state index contributed by atoms with van der Waals surface area (Å²) in [6.45, 7) is 1.37. The Labute approximate surface area is 139 Å². The van der Waals surface area contributed by atoms with Crippen LogP contribution in [0.15, 0.2) is 30.6 Å². The van der Waals surface area contributed by atoms with E-state index in [1.165, 1.54) is 26.4 Å². The van der Waals surface area contributed by atoms with Gasteiger partial charge in [-0.15, -0.1) is 0 Å². The molecule has 0 unspecified atom stereocenters. The molecule has 2 aromatic rings. The van der Waals surface area contributed by atoms with Gasteiger partial charge in [-0.3, -0.25) is 20.6 Å². The molecule has 8 nitrogen and oxygen atoms in total. The molecular formula is C16H17N5O3. The molecule has 0 aliphatic carbocycles. The van der Waals surface area contributed by atoms with Crippen molar-refractivity contribution in [1.82, 2.24) is 15.4 Å². The maximum absolute atomic E-state index is 10.9. The van der Waals surface area contributed by atoms with Crippen LogP contribution in [0.1, 0.15) is 24.1 Å². The lowest BCUT2D eigenvalue weighted by atomic mass is 9.97. The van der Waals surface area contributed by atoms with Crippen molar-refractivity contribution in [3.8, 4) is 17.6 Å². The van der Waals surface area contributed by atoms with E-state index in [0.717, 1.165) is 0 Å². The van der Waals surface area contributed by atoms with Gasteiger partial charge in [0.1, 0.15) is 5.92 Å². The molecule has 1 atom stereocenters. The van der Waals surface area contributed by atoms with Gasteiger partial charge in [0, 0.05) is 6.92 Å². The summed E-state index contributed by atoms with van der Waals surface area (Å²) in [5, 5.41) is 9.55. The monoisotopic (exact) mass is 327 g/mol. The summed E-state index contributed by atoms with van der Waals surface area (Å²) in [6, 6.07) is 7.42. The van der Waals surface area contributed by atoms with Crippen molar-refractivity contribution < 1.29 is 14.3 Å². The van der Waals surface area contributed by atoms with Gasteiger partial charge >= 0.3 is 0 Å². The number of hydrogen-bond donors (Lipinski definition) is 2. The molecular weight excluding hydrogens is 310 g/mol. The van der Waals surface area contributed by atoms with E-state index in [0.29, 0.717) is 28.6 Å². The molecule has 8 heteroatoms. The van der Waals surface area contributed by atoms with Crippen LogP contribution in [0.3, 0.4) is 0 Å². The number of amides is 1. The Bertz CT molecular complexity index is 773. The maximum Gasteiger partial charge on any atom is 0.235 e. The lowest BCUT2D eigenvalue weighted by Crippen LogP contribution is -2.27. The van der Waals surface area contributed by atoms with Gasteiger partial charge in [0.15, 0.2) is 17.3 Å². The number of anilines is 1. The zero-order valence-electron chi connectivity index (χ0n) is 13.5. The van der Waals surface area contributed by atoms with Crippen LogP contribution in [0.25, 0.3) is 0 Å². The Morgan fingerprint density at radius 1 is 1.25 bits per heavy atom. The fourth-order valence-corrected chi connectivity index (χ4v) is 2.08. The Balaban J connectivity index is 2.33. The van der Waals surface area contributed by atoms with Crippen molar-refractivity contribution in [2.75, 3.05) is 19.6 Å². The van der Waals surface area contributed by atoms with Gasteiger partial charge in [0.25, 0.3) is 0 Å². The number of carbonyl (C=O) groups excluding carboxylic acids is 1. The highest BCUT2D eigenvalue weighted by molar-refractivity contribution is 5.74. The molecule has 1 aromatic carbocycles. The molecule has 124 valence electrons.